The van der Waals surface area contributed by atoms with E-state index in [1.54, 1.807) is 36.4 Å². The fraction of sp³-hybridized carbons (Fsp3) is 0. The molecule has 29 heavy (non-hydrogen) atoms. The highest BCUT2D eigenvalue weighted by Gasteiger charge is 2.14. The van der Waals surface area contributed by atoms with Gasteiger partial charge in [-0.2, -0.15) is 0 Å². The summed E-state index contributed by atoms with van der Waals surface area (Å²) in [4.78, 5) is 35.6. The molecule has 0 aliphatic rings. The van der Waals surface area contributed by atoms with Crippen LogP contribution in [0.25, 0.3) is 11.0 Å². The van der Waals surface area contributed by atoms with Crippen molar-refractivity contribution in [1.82, 2.24) is 15.0 Å². The monoisotopic (exact) mass is 381 g/mol. The molecule has 2 aromatic carbocycles. The molecule has 2 aromatic heterocycles. The van der Waals surface area contributed by atoms with Crippen molar-refractivity contribution >= 4 is 28.8 Å². The van der Waals surface area contributed by atoms with Gasteiger partial charge in [0.2, 0.25) is 5.95 Å². The molecular weight excluding hydrogens is 366 g/mol. The summed E-state index contributed by atoms with van der Waals surface area (Å²) in [6, 6.07) is 19.5. The molecule has 0 saturated carbocycles. The number of para-hydroxylation sites is 1. The lowest BCUT2D eigenvalue weighted by molar-refractivity contribution is 0.0998. The summed E-state index contributed by atoms with van der Waals surface area (Å²) in [5, 5.41) is 2.65. The highest BCUT2D eigenvalue weighted by molar-refractivity contribution is 6.06. The first-order chi connectivity index (χ1) is 14.1. The number of hydrogen-bond acceptors (Lipinski definition) is 4. The molecule has 7 heteroatoms. The number of nitrogens with zero attached hydrogens (tertiary/aromatic N) is 2. The minimum Gasteiger partial charge on any atom is -0.366 e. The van der Waals surface area contributed by atoms with Gasteiger partial charge in [-0.25, -0.2) is 9.97 Å². The first-order valence-corrected chi connectivity index (χ1v) is 8.74. The Morgan fingerprint density at radius 1 is 0.897 bits per heavy atom. The van der Waals surface area contributed by atoms with Crippen LogP contribution in [-0.2, 0) is 0 Å². The highest BCUT2D eigenvalue weighted by atomic mass is 16.2. The van der Waals surface area contributed by atoms with Crippen LogP contribution >= 0.6 is 0 Å². The molecule has 0 atom stereocenters. The summed E-state index contributed by atoms with van der Waals surface area (Å²) >= 11 is 0. The second-order valence-electron chi connectivity index (χ2n) is 6.13. The van der Waals surface area contributed by atoms with Gasteiger partial charge in [-0.3, -0.25) is 14.9 Å². The number of nitrogens with two attached hydrogens (primary N) is 1. The number of carbonyl (C=O) groups is 2. The van der Waals surface area contributed by atoms with Crippen molar-refractivity contribution in [2.45, 2.75) is 0 Å². The van der Waals surface area contributed by atoms with Crippen LogP contribution in [0.15, 0.2) is 66.7 Å². The summed E-state index contributed by atoms with van der Waals surface area (Å²) in [7, 11) is 0. The van der Waals surface area contributed by atoms with Crippen LogP contribution in [0.1, 0.15) is 32.1 Å². The van der Waals surface area contributed by atoms with Crippen LogP contribution < -0.4 is 11.1 Å². The van der Waals surface area contributed by atoms with Crippen LogP contribution in [-0.4, -0.2) is 26.8 Å². The highest BCUT2D eigenvalue weighted by Crippen LogP contribution is 2.18. The molecule has 2 heterocycles. The Bertz CT molecular complexity index is 1280. The zero-order chi connectivity index (χ0) is 20.2. The zero-order valence-electron chi connectivity index (χ0n) is 15.1. The average Bonchev–Trinajstić information content (AvgIpc) is 3.15. The molecule has 0 fully saturated rings. The van der Waals surface area contributed by atoms with Crippen molar-refractivity contribution in [2.75, 3.05) is 5.32 Å². The summed E-state index contributed by atoms with van der Waals surface area (Å²) in [6.07, 6.45) is 0. The summed E-state index contributed by atoms with van der Waals surface area (Å²) in [5.41, 5.74) is 8.15. The second-order valence-corrected chi connectivity index (χ2v) is 6.13. The molecule has 140 valence electrons. The van der Waals surface area contributed by atoms with E-state index < -0.39 is 11.8 Å². The van der Waals surface area contributed by atoms with Crippen molar-refractivity contribution in [1.29, 1.82) is 0 Å². The Balaban J connectivity index is 1.56. The van der Waals surface area contributed by atoms with E-state index in [2.05, 4.69) is 32.1 Å². The summed E-state index contributed by atoms with van der Waals surface area (Å²) < 4.78 is 0. The van der Waals surface area contributed by atoms with Crippen molar-refractivity contribution in [3.63, 3.8) is 0 Å². The van der Waals surface area contributed by atoms with E-state index in [-0.39, 0.29) is 17.2 Å². The van der Waals surface area contributed by atoms with E-state index >= 15 is 0 Å². The molecule has 7 nitrogen and oxygen atoms in total. The van der Waals surface area contributed by atoms with Gasteiger partial charge >= 0.3 is 0 Å². The molecule has 0 spiro atoms. The number of H-pyrrole nitrogens is 1. The number of benzene rings is 2. The number of aromatic amines is 1. The number of imidazole rings is 1. The third kappa shape index (κ3) is 3.96. The van der Waals surface area contributed by atoms with Crippen molar-refractivity contribution < 1.29 is 9.59 Å². The molecular formula is C22H15N5O2. The van der Waals surface area contributed by atoms with Gasteiger partial charge in [0, 0.05) is 5.56 Å². The number of rotatable bonds is 3. The van der Waals surface area contributed by atoms with Crippen LogP contribution in [0.2, 0.25) is 0 Å². The lowest BCUT2D eigenvalue weighted by Gasteiger charge is -2.01. The van der Waals surface area contributed by atoms with Crippen LogP contribution in [0.4, 0.5) is 5.95 Å². The van der Waals surface area contributed by atoms with Crippen LogP contribution in [0.5, 0.6) is 0 Å². The van der Waals surface area contributed by atoms with E-state index in [0.717, 1.165) is 5.56 Å². The molecule has 0 unspecified atom stereocenters. The normalized spacial score (nSPS) is 10.2. The smallest absolute Gasteiger partial charge is 0.276 e. The lowest BCUT2D eigenvalue weighted by Crippen LogP contribution is -2.15. The lowest BCUT2D eigenvalue weighted by atomic mass is 10.2. The zero-order valence-corrected chi connectivity index (χ0v) is 15.1. The SMILES string of the molecule is NC(=O)c1cccc2[nH]c(NC(=O)c3cccc(C#Cc4ccccc4)n3)nc12. The third-order valence-corrected chi connectivity index (χ3v) is 4.10. The average molecular weight is 381 g/mol. The third-order valence-electron chi connectivity index (χ3n) is 4.10. The number of primary amides is 1. The molecule has 0 bridgehead atoms. The van der Waals surface area contributed by atoms with Gasteiger partial charge in [0.05, 0.1) is 11.1 Å². The van der Waals surface area contributed by atoms with Gasteiger partial charge in [0.25, 0.3) is 11.8 Å². The van der Waals surface area contributed by atoms with Gasteiger partial charge in [-0.05, 0) is 42.3 Å². The Labute approximate surface area is 166 Å². The number of amides is 2. The summed E-state index contributed by atoms with van der Waals surface area (Å²) in [5.74, 6) is 5.10. The maximum absolute atomic E-state index is 12.6. The number of nitrogens with one attached hydrogen (secondary N) is 2. The maximum Gasteiger partial charge on any atom is 0.276 e. The van der Waals surface area contributed by atoms with Gasteiger partial charge < -0.3 is 10.7 Å². The quantitative estimate of drug-likeness (QED) is 0.473. The molecule has 0 aliphatic carbocycles. The maximum atomic E-state index is 12.6. The topological polar surface area (TPSA) is 114 Å². The first-order valence-electron chi connectivity index (χ1n) is 8.74. The predicted octanol–water partition coefficient (Wildman–Crippen LogP) is 2.71. The van der Waals surface area contributed by atoms with E-state index in [4.69, 9.17) is 5.73 Å². The van der Waals surface area contributed by atoms with Gasteiger partial charge in [-0.15, -0.1) is 0 Å². The summed E-state index contributed by atoms with van der Waals surface area (Å²) in [6.45, 7) is 0. The Hall–Kier alpha value is -4.44. The predicted molar refractivity (Wildman–Crippen MR) is 109 cm³/mol. The number of aromatic nitrogens is 3. The number of hydrogen-bond donors (Lipinski definition) is 3. The molecule has 4 aromatic rings. The molecule has 0 aliphatic heterocycles. The van der Waals surface area contributed by atoms with Gasteiger partial charge in [-0.1, -0.05) is 36.3 Å². The van der Waals surface area contributed by atoms with E-state index in [9.17, 15) is 9.59 Å². The number of pyridine rings is 1. The molecule has 4 N–H and O–H groups in total. The second kappa shape index (κ2) is 7.66. The molecule has 4 rings (SSSR count). The number of fused-ring (bicyclic) bond motifs is 1. The molecule has 0 radical (unpaired) electrons. The van der Waals surface area contributed by atoms with E-state index in [1.165, 1.54) is 0 Å². The first kappa shape index (κ1) is 17.9. The Morgan fingerprint density at radius 3 is 2.48 bits per heavy atom. The molecule has 0 saturated heterocycles. The van der Waals surface area contributed by atoms with Crippen molar-refractivity contribution in [3.05, 3.63) is 89.2 Å². The van der Waals surface area contributed by atoms with Crippen molar-refractivity contribution in [2.24, 2.45) is 5.73 Å². The fourth-order valence-corrected chi connectivity index (χ4v) is 2.75. The number of anilines is 1. The minimum atomic E-state index is -0.591. The Morgan fingerprint density at radius 2 is 1.69 bits per heavy atom. The van der Waals surface area contributed by atoms with Gasteiger partial charge in [0.1, 0.15) is 16.9 Å². The number of carbonyl (C=O) groups excluding carboxylic acids is 2. The van der Waals surface area contributed by atoms with Crippen LogP contribution in [0.3, 0.4) is 0 Å². The minimum absolute atomic E-state index is 0.195. The largest absolute Gasteiger partial charge is 0.366 e. The van der Waals surface area contributed by atoms with E-state index in [1.807, 2.05) is 30.3 Å². The van der Waals surface area contributed by atoms with E-state index in [0.29, 0.717) is 16.7 Å². The van der Waals surface area contributed by atoms with Crippen LogP contribution in [0, 0.1) is 11.8 Å². The van der Waals surface area contributed by atoms with Gasteiger partial charge in [0.15, 0.2) is 0 Å². The standard InChI is InChI=1S/C22H15N5O2/c23-20(28)16-9-5-10-17-19(16)26-22(25-17)27-21(29)18-11-4-8-15(24-18)13-12-14-6-2-1-3-7-14/h1-11H,(H2,23,28)(H2,25,26,27,29). The molecule has 2 amide bonds. The Kier molecular flexibility index (Phi) is 4.74. The fourth-order valence-electron chi connectivity index (χ4n) is 2.75. The van der Waals surface area contributed by atoms with Crippen molar-refractivity contribution in [3.8, 4) is 11.8 Å².